The fourth-order valence-corrected chi connectivity index (χ4v) is 4.57. The van der Waals surface area contributed by atoms with E-state index in [-0.39, 0.29) is 11.5 Å². The number of halogens is 3. The lowest BCUT2D eigenvalue weighted by molar-refractivity contribution is 0.0175. The topological polar surface area (TPSA) is 58.4 Å². The van der Waals surface area contributed by atoms with Crippen molar-refractivity contribution in [2.24, 2.45) is 5.92 Å². The van der Waals surface area contributed by atoms with Crippen molar-refractivity contribution in [2.75, 3.05) is 19.6 Å². The van der Waals surface area contributed by atoms with E-state index in [1.807, 2.05) is 12.1 Å². The number of nitrogens with zero attached hydrogens (tertiary/aromatic N) is 3. The lowest BCUT2D eigenvalue weighted by atomic mass is 9.88. The second-order valence-corrected chi connectivity index (χ2v) is 8.90. The molecule has 3 aromatic rings. The Morgan fingerprint density at radius 2 is 1.97 bits per heavy atom. The van der Waals surface area contributed by atoms with Crippen molar-refractivity contribution in [1.82, 2.24) is 14.5 Å². The van der Waals surface area contributed by atoms with Crippen LogP contribution < -0.4 is 5.56 Å². The lowest BCUT2D eigenvalue weighted by Gasteiger charge is -2.36. The van der Waals surface area contributed by atoms with Crippen LogP contribution >= 0.6 is 23.2 Å². The second-order valence-electron chi connectivity index (χ2n) is 8.08. The molecule has 2 aromatic heterocycles. The lowest BCUT2D eigenvalue weighted by Crippen LogP contribution is -2.45. The quantitative estimate of drug-likeness (QED) is 0.596. The molecule has 3 heterocycles. The average molecular weight is 464 g/mol. The summed E-state index contributed by atoms with van der Waals surface area (Å²) in [5, 5.41) is 11.8. The zero-order valence-electron chi connectivity index (χ0n) is 17.0. The van der Waals surface area contributed by atoms with Gasteiger partial charge in [-0.05, 0) is 55.5 Å². The molecule has 1 saturated heterocycles. The van der Waals surface area contributed by atoms with Crippen LogP contribution in [0.1, 0.15) is 18.4 Å². The molecule has 0 amide bonds. The summed E-state index contributed by atoms with van der Waals surface area (Å²) in [6.45, 7) is 2.42. The smallest absolute Gasteiger partial charge is 0.251 e. The summed E-state index contributed by atoms with van der Waals surface area (Å²) in [5.74, 6) is -0.255. The normalized spacial score (nSPS) is 19.7. The molecule has 0 saturated carbocycles. The number of hydrogen-bond acceptors (Lipinski definition) is 4. The van der Waals surface area contributed by atoms with Crippen LogP contribution in [0.2, 0.25) is 10.0 Å². The Kier molecular flexibility index (Phi) is 6.92. The molecular weight excluding hydrogens is 440 g/mol. The molecule has 0 radical (unpaired) electrons. The first-order chi connectivity index (χ1) is 14.9. The molecule has 164 valence electrons. The van der Waals surface area contributed by atoms with Crippen molar-refractivity contribution in [3.05, 3.63) is 74.4 Å². The minimum atomic E-state index is -0.468. The highest BCUT2D eigenvalue weighted by atomic mass is 35.5. The molecule has 0 bridgehead atoms. The molecule has 1 aromatic carbocycles. The summed E-state index contributed by atoms with van der Waals surface area (Å²) in [7, 11) is 0. The maximum atomic E-state index is 13.6. The standard InChI is InChI=1S/C23H24Cl2FN3O2/c24-18-4-2-15(11-19(18)25)1-3-16-7-8-28(14-22(16)30)9-10-29-21-12-17(26)13-27-20(21)5-6-23(29)31/h2,4-6,11-13,16,22,30H,1,3,7-10,14H2/t16-,22+/m0/s1. The highest BCUT2D eigenvalue weighted by molar-refractivity contribution is 6.42. The van der Waals surface area contributed by atoms with Gasteiger partial charge < -0.3 is 9.67 Å². The highest BCUT2D eigenvalue weighted by Crippen LogP contribution is 2.26. The molecule has 1 fully saturated rings. The number of hydrogen-bond donors (Lipinski definition) is 1. The van der Waals surface area contributed by atoms with Crippen molar-refractivity contribution in [3.8, 4) is 0 Å². The molecule has 31 heavy (non-hydrogen) atoms. The van der Waals surface area contributed by atoms with Crippen molar-refractivity contribution >= 4 is 34.2 Å². The summed E-state index contributed by atoms with van der Waals surface area (Å²) >= 11 is 12.1. The Morgan fingerprint density at radius 3 is 2.74 bits per heavy atom. The van der Waals surface area contributed by atoms with Crippen LogP contribution in [0.25, 0.3) is 11.0 Å². The van der Waals surface area contributed by atoms with Gasteiger partial charge >= 0.3 is 0 Å². The Morgan fingerprint density at radius 1 is 1.13 bits per heavy atom. The molecule has 0 spiro atoms. The first-order valence-corrected chi connectivity index (χ1v) is 11.2. The van der Waals surface area contributed by atoms with Gasteiger partial charge in [-0.25, -0.2) is 4.39 Å². The van der Waals surface area contributed by atoms with Crippen molar-refractivity contribution in [2.45, 2.75) is 31.9 Å². The van der Waals surface area contributed by atoms with E-state index in [1.165, 1.54) is 12.1 Å². The van der Waals surface area contributed by atoms with Crippen molar-refractivity contribution < 1.29 is 9.50 Å². The van der Waals surface area contributed by atoms with E-state index in [0.29, 0.717) is 40.7 Å². The van der Waals surface area contributed by atoms with Gasteiger partial charge in [0.25, 0.3) is 5.56 Å². The number of β-amino-alcohol motifs (C(OH)–C–C–N with tert-alkyl or cyclic N) is 1. The van der Waals surface area contributed by atoms with Gasteiger partial charge in [0.05, 0.1) is 33.4 Å². The number of piperidine rings is 1. The number of aliphatic hydroxyl groups excluding tert-OH is 1. The van der Waals surface area contributed by atoms with E-state index in [0.717, 1.165) is 37.6 Å². The van der Waals surface area contributed by atoms with Gasteiger partial charge in [0, 0.05) is 31.8 Å². The van der Waals surface area contributed by atoms with Crippen LogP contribution in [0.3, 0.4) is 0 Å². The van der Waals surface area contributed by atoms with Gasteiger partial charge in [0.2, 0.25) is 0 Å². The summed E-state index contributed by atoms with van der Waals surface area (Å²) in [6, 6.07) is 10.1. The molecule has 0 unspecified atom stereocenters. The van der Waals surface area contributed by atoms with Gasteiger partial charge in [-0.1, -0.05) is 29.3 Å². The van der Waals surface area contributed by atoms with Gasteiger partial charge in [-0.3, -0.25) is 14.7 Å². The number of aryl methyl sites for hydroxylation is 1. The Bertz CT molecular complexity index is 1140. The van der Waals surface area contributed by atoms with Crippen LogP contribution in [0.4, 0.5) is 4.39 Å². The van der Waals surface area contributed by atoms with Gasteiger partial charge in [0.1, 0.15) is 5.82 Å². The zero-order valence-corrected chi connectivity index (χ0v) is 18.5. The number of pyridine rings is 2. The van der Waals surface area contributed by atoms with Crippen LogP contribution in [0.5, 0.6) is 0 Å². The number of benzene rings is 1. The third kappa shape index (κ3) is 5.26. The fourth-order valence-electron chi connectivity index (χ4n) is 4.25. The number of rotatable bonds is 6. The molecule has 8 heteroatoms. The Balaban J connectivity index is 1.34. The van der Waals surface area contributed by atoms with Crippen LogP contribution in [-0.4, -0.2) is 45.3 Å². The van der Waals surface area contributed by atoms with E-state index >= 15 is 0 Å². The van der Waals surface area contributed by atoms with E-state index in [9.17, 15) is 14.3 Å². The monoisotopic (exact) mass is 463 g/mol. The number of fused-ring (bicyclic) bond motifs is 1. The van der Waals surface area contributed by atoms with Crippen molar-refractivity contribution in [1.29, 1.82) is 0 Å². The van der Waals surface area contributed by atoms with Crippen LogP contribution in [-0.2, 0) is 13.0 Å². The minimum Gasteiger partial charge on any atom is -0.392 e. The van der Waals surface area contributed by atoms with Crippen LogP contribution in [0.15, 0.2) is 47.4 Å². The summed E-state index contributed by atoms with van der Waals surface area (Å²) in [4.78, 5) is 18.5. The van der Waals surface area contributed by atoms with E-state index < -0.39 is 11.9 Å². The van der Waals surface area contributed by atoms with E-state index in [2.05, 4.69) is 9.88 Å². The summed E-state index contributed by atoms with van der Waals surface area (Å²) < 4.78 is 15.2. The first kappa shape index (κ1) is 22.2. The molecule has 2 atom stereocenters. The average Bonchev–Trinajstić information content (AvgIpc) is 2.74. The van der Waals surface area contributed by atoms with Gasteiger partial charge in [-0.15, -0.1) is 0 Å². The molecular formula is C23H24Cl2FN3O2. The maximum absolute atomic E-state index is 13.6. The number of aliphatic hydroxyl groups is 1. The SMILES string of the molecule is O=c1ccc2ncc(F)cc2n1CCN1CC[C@H](CCc2ccc(Cl)c(Cl)c2)[C@H](O)C1. The third-order valence-electron chi connectivity index (χ3n) is 6.04. The van der Waals surface area contributed by atoms with Crippen LogP contribution in [0, 0.1) is 11.7 Å². The summed E-state index contributed by atoms with van der Waals surface area (Å²) in [5.41, 5.74) is 2.00. The highest BCUT2D eigenvalue weighted by Gasteiger charge is 2.27. The number of aromatic nitrogens is 2. The Hall–Kier alpha value is -1.99. The number of likely N-dealkylation sites (tertiary alicyclic amines) is 1. The first-order valence-electron chi connectivity index (χ1n) is 10.4. The zero-order chi connectivity index (χ0) is 22.0. The largest absolute Gasteiger partial charge is 0.392 e. The summed E-state index contributed by atoms with van der Waals surface area (Å²) in [6.07, 6.45) is 3.31. The fraction of sp³-hybridized carbons (Fsp3) is 0.391. The van der Waals surface area contributed by atoms with Crippen molar-refractivity contribution in [3.63, 3.8) is 0 Å². The van der Waals surface area contributed by atoms with Gasteiger partial charge in [-0.2, -0.15) is 0 Å². The predicted molar refractivity (Wildman–Crippen MR) is 121 cm³/mol. The Labute approximate surface area is 190 Å². The second kappa shape index (κ2) is 9.65. The van der Waals surface area contributed by atoms with E-state index in [1.54, 1.807) is 16.7 Å². The van der Waals surface area contributed by atoms with Gasteiger partial charge in [0.15, 0.2) is 0 Å². The molecule has 1 aliphatic rings. The molecule has 1 N–H and O–H groups in total. The molecule has 4 rings (SSSR count). The minimum absolute atomic E-state index is 0.183. The molecule has 1 aliphatic heterocycles. The molecule has 0 aliphatic carbocycles. The molecule has 5 nitrogen and oxygen atoms in total. The van der Waals surface area contributed by atoms with E-state index in [4.69, 9.17) is 23.2 Å². The predicted octanol–water partition coefficient (Wildman–Crippen LogP) is 4.16. The third-order valence-corrected chi connectivity index (χ3v) is 6.78. The maximum Gasteiger partial charge on any atom is 0.251 e.